The Bertz CT molecular complexity index is 581. The lowest BCUT2D eigenvalue weighted by Gasteiger charge is -2.18. The predicted octanol–water partition coefficient (Wildman–Crippen LogP) is 0.465. The van der Waals surface area contributed by atoms with Gasteiger partial charge in [0.1, 0.15) is 0 Å². The number of aliphatic hydroxyl groups excluding tert-OH is 1. The summed E-state index contributed by atoms with van der Waals surface area (Å²) in [5, 5.41) is 13.9. The van der Waals surface area contributed by atoms with E-state index in [1.807, 2.05) is 0 Å². The Kier molecular flexibility index (Phi) is 3.12. The fourth-order valence-corrected chi connectivity index (χ4v) is 5.34. The maximum Gasteiger partial charge on any atom is 0.261 e. The van der Waals surface area contributed by atoms with E-state index in [1.54, 1.807) is 7.05 Å². The van der Waals surface area contributed by atoms with Crippen LogP contribution in [0.25, 0.3) is 0 Å². The van der Waals surface area contributed by atoms with Crippen LogP contribution in [0.3, 0.4) is 0 Å². The van der Waals surface area contributed by atoms with Gasteiger partial charge in [0.05, 0.1) is 17.3 Å². The lowest BCUT2D eigenvalue weighted by molar-refractivity contribution is 0.129. The summed E-state index contributed by atoms with van der Waals surface area (Å²) in [6.45, 7) is 0.835. The fourth-order valence-electron chi connectivity index (χ4n) is 3.20. The number of aliphatic hydroxyl groups is 1. The van der Waals surface area contributed by atoms with Gasteiger partial charge < -0.3 is 5.11 Å². The van der Waals surface area contributed by atoms with Gasteiger partial charge in [-0.15, -0.1) is 0 Å². The van der Waals surface area contributed by atoms with Crippen LogP contribution in [0.5, 0.6) is 0 Å². The smallest absolute Gasteiger partial charge is 0.261 e. The molecule has 0 radical (unpaired) electrons. The molecular weight excluding hydrogens is 290 g/mol. The third kappa shape index (κ3) is 1.99. The first-order chi connectivity index (χ1) is 8.91. The molecule has 3 atom stereocenters. The molecule has 1 N–H and O–H groups in total. The van der Waals surface area contributed by atoms with Crippen LogP contribution in [0, 0.1) is 11.8 Å². The molecule has 1 saturated heterocycles. The summed E-state index contributed by atoms with van der Waals surface area (Å²) >= 11 is 5.92. The predicted molar refractivity (Wildman–Crippen MR) is 69.2 cm³/mol. The minimum atomic E-state index is -3.63. The largest absolute Gasteiger partial charge is 0.393 e. The van der Waals surface area contributed by atoms with Crippen molar-refractivity contribution in [2.24, 2.45) is 18.9 Å². The molecule has 0 bridgehead atoms. The van der Waals surface area contributed by atoms with Gasteiger partial charge in [-0.3, -0.25) is 4.68 Å². The summed E-state index contributed by atoms with van der Waals surface area (Å²) in [4.78, 5) is 0. The molecule has 3 rings (SSSR count). The normalized spacial score (nSPS) is 31.8. The minimum Gasteiger partial charge on any atom is -0.393 e. The van der Waals surface area contributed by atoms with Crippen molar-refractivity contribution in [2.75, 3.05) is 13.1 Å². The highest BCUT2D eigenvalue weighted by Crippen LogP contribution is 2.40. The summed E-state index contributed by atoms with van der Waals surface area (Å²) in [5.74, 6) is 0.318. The number of halogens is 1. The average molecular weight is 306 g/mol. The standard InChI is InChI=1S/C11H16ClN3O3S/c1-14-11(9(12)4-13-14)19(17,18)15-5-7-2-3-10(16)8(7)6-15/h4,7-8,10,16H,2-3,5-6H2,1H3. The molecular formula is C11H16ClN3O3S. The first kappa shape index (κ1) is 13.4. The van der Waals surface area contributed by atoms with E-state index in [-0.39, 0.29) is 28.0 Å². The van der Waals surface area contributed by atoms with Gasteiger partial charge in [-0.1, -0.05) is 11.6 Å². The number of aromatic nitrogens is 2. The van der Waals surface area contributed by atoms with E-state index in [0.29, 0.717) is 13.1 Å². The van der Waals surface area contributed by atoms with Crippen molar-refractivity contribution < 1.29 is 13.5 Å². The SMILES string of the molecule is Cn1ncc(Cl)c1S(=O)(=O)N1CC2CCC(O)C2C1. The van der Waals surface area contributed by atoms with Gasteiger partial charge in [0, 0.05) is 26.1 Å². The van der Waals surface area contributed by atoms with Crippen LogP contribution < -0.4 is 0 Å². The summed E-state index contributed by atoms with van der Waals surface area (Å²) in [5.41, 5.74) is 0. The number of rotatable bonds is 2. The topological polar surface area (TPSA) is 75.4 Å². The fraction of sp³-hybridized carbons (Fsp3) is 0.727. The number of hydrogen-bond acceptors (Lipinski definition) is 4. The highest BCUT2D eigenvalue weighted by Gasteiger charge is 2.46. The molecule has 2 fully saturated rings. The first-order valence-electron chi connectivity index (χ1n) is 6.27. The Morgan fingerprint density at radius 3 is 2.74 bits per heavy atom. The lowest BCUT2D eigenvalue weighted by Crippen LogP contribution is -2.32. The number of sulfonamides is 1. The van der Waals surface area contributed by atoms with Crippen molar-refractivity contribution in [3.63, 3.8) is 0 Å². The molecule has 19 heavy (non-hydrogen) atoms. The van der Waals surface area contributed by atoms with E-state index in [1.165, 1.54) is 15.2 Å². The molecule has 1 aromatic rings. The monoisotopic (exact) mass is 305 g/mol. The van der Waals surface area contributed by atoms with E-state index in [4.69, 9.17) is 11.6 Å². The summed E-state index contributed by atoms with van der Waals surface area (Å²) in [7, 11) is -2.07. The second kappa shape index (κ2) is 4.44. The molecule has 3 unspecified atom stereocenters. The molecule has 6 nitrogen and oxygen atoms in total. The van der Waals surface area contributed by atoms with Gasteiger partial charge in [-0.25, -0.2) is 8.42 Å². The Labute approximate surface area is 117 Å². The van der Waals surface area contributed by atoms with Gasteiger partial charge >= 0.3 is 0 Å². The van der Waals surface area contributed by atoms with Crippen LogP contribution >= 0.6 is 11.6 Å². The molecule has 8 heteroatoms. The van der Waals surface area contributed by atoms with Crippen molar-refractivity contribution in [2.45, 2.75) is 24.0 Å². The van der Waals surface area contributed by atoms with E-state index < -0.39 is 10.0 Å². The molecule has 0 spiro atoms. The lowest BCUT2D eigenvalue weighted by atomic mass is 10.00. The summed E-state index contributed by atoms with van der Waals surface area (Å²) in [6.07, 6.45) is 2.61. The maximum absolute atomic E-state index is 12.6. The van der Waals surface area contributed by atoms with Gasteiger partial charge in [0.2, 0.25) is 0 Å². The summed E-state index contributed by atoms with van der Waals surface area (Å²) < 4.78 is 27.9. The van der Waals surface area contributed by atoms with Crippen molar-refractivity contribution in [1.29, 1.82) is 0 Å². The molecule has 2 heterocycles. The highest BCUT2D eigenvalue weighted by atomic mass is 35.5. The van der Waals surface area contributed by atoms with E-state index in [2.05, 4.69) is 5.10 Å². The van der Waals surface area contributed by atoms with Crippen LogP contribution in [0.15, 0.2) is 11.2 Å². The second-order valence-corrected chi connectivity index (χ2v) is 7.57. The molecule has 1 aliphatic heterocycles. The molecule has 1 aliphatic carbocycles. The zero-order valence-electron chi connectivity index (χ0n) is 10.5. The van der Waals surface area contributed by atoms with E-state index >= 15 is 0 Å². The van der Waals surface area contributed by atoms with Crippen LogP contribution in [-0.4, -0.2) is 46.8 Å². The first-order valence-corrected chi connectivity index (χ1v) is 8.09. The van der Waals surface area contributed by atoms with E-state index in [0.717, 1.165) is 12.8 Å². The minimum absolute atomic E-state index is 0.0311. The number of aryl methyl sites for hydroxylation is 1. The van der Waals surface area contributed by atoms with Crippen LogP contribution in [0.4, 0.5) is 0 Å². The Hall–Kier alpha value is -0.630. The van der Waals surface area contributed by atoms with E-state index in [9.17, 15) is 13.5 Å². The number of hydrogen-bond donors (Lipinski definition) is 1. The Morgan fingerprint density at radius 1 is 1.42 bits per heavy atom. The van der Waals surface area contributed by atoms with Gasteiger partial charge in [-0.2, -0.15) is 9.40 Å². The van der Waals surface area contributed by atoms with Gasteiger partial charge in [-0.05, 0) is 18.8 Å². The molecule has 0 amide bonds. The van der Waals surface area contributed by atoms with Gasteiger partial charge in [0.15, 0.2) is 5.03 Å². The van der Waals surface area contributed by atoms with Crippen LogP contribution in [0.1, 0.15) is 12.8 Å². The number of fused-ring (bicyclic) bond motifs is 1. The van der Waals surface area contributed by atoms with Crippen molar-refractivity contribution in [1.82, 2.24) is 14.1 Å². The molecule has 0 aromatic carbocycles. The Balaban J connectivity index is 1.91. The summed E-state index contributed by atoms with van der Waals surface area (Å²) in [6, 6.07) is 0. The quantitative estimate of drug-likeness (QED) is 0.861. The third-order valence-corrected chi connectivity index (χ3v) is 6.55. The average Bonchev–Trinajstić information content (AvgIpc) is 2.97. The maximum atomic E-state index is 12.6. The van der Waals surface area contributed by atoms with Gasteiger partial charge in [0.25, 0.3) is 10.0 Å². The van der Waals surface area contributed by atoms with Crippen LogP contribution in [-0.2, 0) is 17.1 Å². The third-order valence-electron chi connectivity index (χ3n) is 4.21. The molecule has 2 aliphatic rings. The van der Waals surface area contributed by atoms with Crippen molar-refractivity contribution in [3.8, 4) is 0 Å². The number of nitrogens with zero attached hydrogens (tertiary/aromatic N) is 3. The second-order valence-electron chi connectivity index (χ2n) is 5.31. The zero-order chi connectivity index (χ0) is 13.8. The Morgan fingerprint density at radius 2 is 2.16 bits per heavy atom. The van der Waals surface area contributed by atoms with Crippen LogP contribution in [0.2, 0.25) is 5.02 Å². The van der Waals surface area contributed by atoms with Crippen molar-refractivity contribution >= 4 is 21.6 Å². The molecule has 106 valence electrons. The molecule has 1 saturated carbocycles. The zero-order valence-corrected chi connectivity index (χ0v) is 12.1. The van der Waals surface area contributed by atoms with Crippen molar-refractivity contribution in [3.05, 3.63) is 11.2 Å². The molecule has 1 aromatic heterocycles. The highest BCUT2D eigenvalue weighted by molar-refractivity contribution is 7.89.